The van der Waals surface area contributed by atoms with Crippen LogP contribution in [0.5, 0.6) is 0 Å². The quantitative estimate of drug-likeness (QED) is 0.174. The zero-order valence-electron chi connectivity index (χ0n) is 18.7. The summed E-state index contributed by atoms with van der Waals surface area (Å²) in [5.41, 5.74) is 9.90. The Hall–Kier alpha value is -3.81. The second-order valence-corrected chi connectivity index (χ2v) is 7.38. The van der Waals surface area contributed by atoms with E-state index in [0.717, 1.165) is 35.5 Å². The van der Waals surface area contributed by atoms with Gasteiger partial charge >= 0.3 is 5.97 Å². The van der Waals surface area contributed by atoms with Crippen LogP contribution in [0.15, 0.2) is 59.9 Å². The summed E-state index contributed by atoms with van der Waals surface area (Å²) in [6, 6.07) is 15.6. The van der Waals surface area contributed by atoms with Gasteiger partial charge in [-0.25, -0.2) is 4.79 Å². The summed E-state index contributed by atoms with van der Waals surface area (Å²) < 4.78 is 6.92. The van der Waals surface area contributed by atoms with Crippen LogP contribution in [0.1, 0.15) is 41.8 Å². The molecule has 8 nitrogen and oxygen atoms in total. The van der Waals surface area contributed by atoms with Crippen LogP contribution in [0.25, 0.3) is 11.1 Å². The first-order valence-corrected chi connectivity index (χ1v) is 10.6. The Morgan fingerprint density at radius 2 is 1.88 bits per heavy atom. The van der Waals surface area contributed by atoms with E-state index in [0.29, 0.717) is 24.3 Å². The highest BCUT2D eigenvalue weighted by Gasteiger charge is 2.22. The predicted octanol–water partition coefficient (Wildman–Crippen LogP) is 3.77. The molecule has 0 atom stereocenters. The minimum absolute atomic E-state index is 0.0708. The molecule has 1 aromatic heterocycles. The van der Waals surface area contributed by atoms with E-state index in [1.807, 2.05) is 55.6 Å². The summed E-state index contributed by atoms with van der Waals surface area (Å²) in [5, 5.41) is 16.5. The van der Waals surface area contributed by atoms with Crippen LogP contribution in [-0.4, -0.2) is 39.9 Å². The van der Waals surface area contributed by atoms with Crippen molar-refractivity contribution >= 4 is 17.6 Å². The number of esters is 1. The Labute approximate surface area is 187 Å². The minimum atomic E-state index is -0.369. The summed E-state index contributed by atoms with van der Waals surface area (Å²) in [4.78, 5) is 14.6. The average molecular weight is 436 g/mol. The molecule has 0 fully saturated rings. The van der Waals surface area contributed by atoms with Gasteiger partial charge in [0.1, 0.15) is 11.4 Å². The third-order valence-electron chi connectivity index (χ3n) is 5.15. The zero-order valence-corrected chi connectivity index (χ0v) is 18.7. The van der Waals surface area contributed by atoms with Crippen LogP contribution < -0.4 is 10.6 Å². The highest BCUT2D eigenvalue weighted by Crippen LogP contribution is 2.26. The number of aromatic nitrogens is 2. The number of rotatable bonds is 9. The first-order chi connectivity index (χ1) is 15.5. The number of ether oxygens (including phenoxy) is 1. The molecule has 0 bridgehead atoms. The fourth-order valence-corrected chi connectivity index (χ4v) is 3.71. The van der Waals surface area contributed by atoms with Gasteiger partial charge in [0.25, 0.3) is 0 Å². The minimum Gasteiger partial charge on any atom is -0.462 e. The summed E-state index contributed by atoms with van der Waals surface area (Å²) in [6.45, 7) is 5.58. The largest absolute Gasteiger partial charge is 0.462 e. The second-order valence-electron chi connectivity index (χ2n) is 7.38. The van der Waals surface area contributed by atoms with E-state index in [1.54, 1.807) is 17.8 Å². The Morgan fingerprint density at radius 3 is 2.53 bits per heavy atom. The first kappa shape index (κ1) is 22.9. The lowest BCUT2D eigenvalue weighted by molar-refractivity contribution is 0.0527. The lowest BCUT2D eigenvalue weighted by Crippen LogP contribution is -2.27. The van der Waals surface area contributed by atoms with Gasteiger partial charge < -0.3 is 20.6 Å². The van der Waals surface area contributed by atoms with Crippen LogP contribution in [0.2, 0.25) is 0 Å². The number of hydrogen-bond donors (Lipinski definition) is 2. The lowest BCUT2D eigenvalue weighted by atomic mass is 9.98. The Kier molecular flexibility index (Phi) is 7.49. The van der Waals surface area contributed by atoms with E-state index >= 15 is 0 Å². The van der Waals surface area contributed by atoms with E-state index in [4.69, 9.17) is 15.7 Å². The van der Waals surface area contributed by atoms with Crippen molar-refractivity contribution in [1.82, 2.24) is 9.78 Å². The van der Waals surface area contributed by atoms with Crippen molar-refractivity contribution in [3.8, 4) is 11.1 Å². The van der Waals surface area contributed by atoms with Crippen LogP contribution in [-0.2, 0) is 18.3 Å². The number of carbonyl (C=O) groups excluding carboxylic acids is 1. The maximum absolute atomic E-state index is 12.4. The molecule has 0 saturated carbocycles. The molecule has 3 aromatic rings. The number of oxime groups is 1. The number of anilines is 1. The molecule has 0 aliphatic rings. The van der Waals surface area contributed by atoms with Crippen molar-refractivity contribution < 1.29 is 14.7 Å². The van der Waals surface area contributed by atoms with Gasteiger partial charge in [-0.05, 0) is 30.0 Å². The van der Waals surface area contributed by atoms with Gasteiger partial charge in [-0.1, -0.05) is 60.6 Å². The van der Waals surface area contributed by atoms with Gasteiger partial charge in [-0.15, -0.1) is 0 Å². The molecule has 0 radical (unpaired) electrons. The number of hydrogen-bond acceptors (Lipinski definition) is 6. The summed E-state index contributed by atoms with van der Waals surface area (Å²) >= 11 is 0. The molecular weight excluding hydrogens is 406 g/mol. The van der Waals surface area contributed by atoms with E-state index in [9.17, 15) is 4.79 Å². The molecular formula is C24H29N5O3. The molecule has 2 aromatic carbocycles. The van der Waals surface area contributed by atoms with Crippen LogP contribution >= 0.6 is 0 Å². The van der Waals surface area contributed by atoms with Crippen molar-refractivity contribution in [2.24, 2.45) is 17.9 Å². The molecule has 0 amide bonds. The van der Waals surface area contributed by atoms with E-state index in [1.165, 1.54) is 0 Å². The van der Waals surface area contributed by atoms with Crippen molar-refractivity contribution in [2.75, 3.05) is 18.1 Å². The SMILES string of the molecule is CCCN(Cc1ccc(-c2ccccc2C(N)=NO)cc1)c1c(C(=O)OCC)cnn1C. The number of carbonyl (C=O) groups is 1. The third-order valence-corrected chi connectivity index (χ3v) is 5.15. The number of benzene rings is 2. The molecule has 32 heavy (non-hydrogen) atoms. The van der Waals surface area contributed by atoms with Crippen molar-refractivity contribution in [3.63, 3.8) is 0 Å². The van der Waals surface area contributed by atoms with E-state index in [-0.39, 0.29) is 11.8 Å². The smallest absolute Gasteiger partial charge is 0.343 e. The molecule has 0 unspecified atom stereocenters. The third kappa shape index (κ3) is 4.91. The van der Waals surface area contributed by atoms with Crippen LogP contribution in [0.4, 0.5) is 5.82 Å². The fraction of sp³-hybridized carbons (Fsp3) is 0.292. The average Bonchev–Trinajstić information content (AvgIpc) is 3.20. The summed E-state index contributed by atoms with van der Waals surface area (Å²) in [5.74, 6) is 0.444. The maximum Gasteiger partial charge on any atom is 0.343 e. The molecule has 0 saturated heterocycles. The van der Waals surface area contributed by atoms with E-state index < -0.39 is 0 Å². The topological polar surface area (TPSA) is 106 Å². The fourth-order valence-electron chi connectivity index (χ4n) is 3.71. The molecule has 1 heterocycles. The molecule has 0 spiro atoms. The highest BCUT2D eigenvalue weighted by molar-refractivity contribution is 6.03. The second kappa shape index (κ2) is 10.5. The van der Waals surface area contributed by atoms with Crippen molar-refractivity contribution in [3.05, 3.63) is 71.4 Å². The molecule has 0 aliphatic heterocycles. The van der Waals surface area contributed by atoms with Gasteiger partial charge in [0.05, 0.1) is 12.8 Å². The van der Waals surface area contributed by atoms with Gasteiger partial charge in [-0.3, -0.25) is 4.68 Å². The number of aryl methyl sites for hydroxylation is 1. The number of nitrogens with two attached hydrogens (primary N) is 1. The van der Waals surface area contributed by atoms with Crippen molar-refractivity contribution in [2.45, 2.75) is 26.8 Å². The molecule has 3 N–H and O–H groups in total. The normalized spacial score (nSPS) is 11.4. The first-order valence-electron chi connectivity index (χ1n) is 10.6. The van der Waals surface area contributed by atoms with Gasteiger partial charge in [0, 0.05) is 25.7 Å². The molecule has 168 valence electrons. The van der Waals surface area contributed by atoms with Gasteiger partial charge in [0.15, 0.2) is 5.84 Å². The Balaban J connectivity index is 1.89. The monoisotopic (exact) mass is 435 g/mol. The highest BCUT2D eigenvalue weighted by atomic mass is 16.5. The molecule has 3 rings (SSSR count). The number of amidine groups is 1. The van der Waals surface area contributed by atoms with Crippen LogP contribution in [0.3, 0.4) is 0 Å². The summed E-state index contributed by atoms with van der Waals surface area (Å²) in [7, 11) is 1.83. The number of nitrogens with zero attached hydrogens (tertiary/aromatic N) is 4. The standard InChI is InChI=1S/C24H29N5O3/c1-4-14-29(23-21(15-26-28(23)3)24(30)32-5-2)16-17-10-12-18(13-11-17)19-8-6-7-9-20(19)22(25)27-31/h6-13,15,31H,4-5,14,16H2,1-3H3,(H2,25,27). The van der Waals surface area contributed by atoms with Crippen molar-refractivity contribution in [1.29, 1.82) is 0 Å². The molecule has 8 heteroatoms. The maximum atomic E-state index is 12.4. The summed E-state index contributed by atoms with van der Waals surface area (Å²) in [6.07, 6.45) is 2.47. The van der Waals surface area contributed by atoms with Gasteiger partial charge in [-0.2, -0.15) is 5.10 Å². The lowest BCUT2D eigenvalue weighted by Gasteiger charge is -2.25. The zero-order chi connectivity index (χ0) is 23.1. The Morgan fingerprint density at radius 1 is 1.16 bits per heavy atom. The molecule has 0 aliphatic carbocycles. The van der Waals surface area contributed by atoms with Gasteiger partial charge in [0.2, 0.25) is 0 Å². The van der Waals surface area contributed by atoms with E-state index in [2.05, 4.69) is 22.1 Å². The van der Waals surface area contributed by atoms with Crippen LogP contribution in [0, 0.1) is 0 Å². The predicted molar refractivity (Wildman–Crippen MR) is 125 cm³/mol. The Bertz CT molecular complexity index is 1090.